The second-order valence-electron chi connectivity index (χ2n) is 4.43. The molecule has 0 aliphatic carbocycles. The van der Waals surface area contributed by atoms with Crippen LogP contribution < -0.4 is 20.5 Å². The van der Waals surface area contributed by atoms with Crippen molar-refractivity contribution < 1.29 is 9.47 Å². The number of H-pyrrole nitrogens is 1. The molecular formula is C14H14Cl2N4O3. The summed E-state index contributed by atoms with van der Waals surface area (Å²) in [6, 6.07) is 2.98. The van der Waals surface area contributed by atoms with Crippen molar-refractivity contribution in [2.45, 2.75) is 6.92 Å². The van der Waals surface area contributed by atoms with E-state index in [1.54, 1.807) is 13.0 Å². The van der Waals surface area contributed by atoms with E-state index in [1.165, 1.54) is 26.5 Å². The molecule has 0 fully saturated rings. The van der Waals surface area contributed by atoms with Gasteiger partial charge in [-0.05, 0) is 13.0 Å². The highest BCUT2D eigenvalue weighted by atomic mass is 35.5. The van der Waals surface area contributed by atoms with Gasteiger partial charge in [-0.3, -0.25) is 9.78 Å². The number of nitrogens with zero attached hydrogens (tertiary/aromatic N) is 2. The lowest BCUT2D eigenvalue weighted by Gasteiger charge is -2.12. The number of aromatic nitrogens is 2. The number of hydrazone groups is 1. The summed E-state index contributed by atoms with van der Waals surface area (Å²) in [6.45, 7) is 1.70. The normalized spacial score (nSPS) is 10.8. The Kier molecular flexibility index (Phi) is 5.46. The lowest BCUT2D eigenvalue weighted by molar-refractivity contribution is 0.394. The number of ether oxygens (including phenoxy) is 2. The summed E-state index contributed by atoms with van der Waals surface area (Å²) in [5.74, 6) is 0.903. The smallest absolute Gasteiger partial charge is 0.252 e. The number of aryl methyl sites for hydroxylation is 1. The molecule has 0 atom stereocenters. The van der Waals surface area contributed by atoms with Crippen molar-refractivity contribution in [3.8, 4) is 11.5 Å². The average molecular weight is 357 g/mol. The van der Waals surface area contributed by atoms with E-state index in [4.69, 9.17) is 32.7 Å². The number of methoxy groups -OCH3 is 2. The number of aromatic amines is 1. The molecule has 7 nitrogen and oxygen atoms in total. The number of benzene rings is 1. The van der Waals surface area contributed by atoms with Crippen molar-refractivity contribution in [1.82, 2.24) is 9.97 Å². The van der Waals surface area contributed by atoms with Crippen LogP contribution in [0.25, 0.3) is 0 Å². The minimum Gasteiger partial charge on any atom is -0.494 e. The number of hydrogen-bond donors (Lipinski definition) is 2. The number of halogens is 2. The van der Waals surface area contributed by atoms with Gasteiger partial charge in [-0.15, -0.1) is 0 Å². The second-order valence-corrected chi connectivity index (χ2v) is 5.22. The highest BCUT2D eigenvalue weighted by Crippen LogP contribution is 2.41. The molecule has 1 heterocycles. The quantitative estimate of drug-likeness (QED) is 0.635. The van der Waals surface area contributed by atoms with E-state index in [-0.39, 0.29) is 16.5 Å². The van der Waals surface area contributed by atoms with Gasteiger partial charge in [0.15, 0.2) is 5.75 Å². The number of anilines is 1. The fourth-order valence-electron chi connectivity index (χ4n) is 1.89. The Bertz CT molecular complexity index is 805. The third-order valence-electron chi connectivity index (χ3n) is 2.81. The number of rotatable bonds is 5. The van der Waals surface area contributed by atoms with E-state index in [2.05, 4.69) is 20.5 Å². The maximum atomic E-state index is 11.3. The van der Waals surface area contributed by atoms with Gasteiger partial charge in [-0.1, -0.05) is 23.2 Å². The molecule has 0 radical (unpaired) electrons. The summed E-state index contributed by atoms with van der Waals surface area (Å²) < 4.78 is 10.4. The molecule has 9 heteroatoms. The first-order valence-corrected chi connectivity index (χ1v) is 7.19. The molecule has 23 heavy (non-hydrogen) atoms. The van der Waals surface area contributed by atoms with Crippen LogP contribution in [-0.2, 0) is 0 Å². The molecule has 0 saturated heterocycles. The minimum atomic E-state index is -0.275. The second kappa shape index (κ2) is 7.34. The van der Waals surface area contributed by atoms with Crippen molar-refractivity contribution in [2.24, 2.45) is 5.10 Å². The van der Waals surface area contributed by atoms with Gasteiger partial charge in [0.05, 0.1) is 25.5 Å². The highest BCUT2D eigenvalue weighted by Gasteiger charge is 2.16. The van der Waals surface area contributed by atoms with E-state index >= 15 is 0 Å². The molecule has 0 aliphatic rings. The Morgan fingerprint density at radius 3 is 2.57 bits per heavy atom. The molecule has 1 aromatic carbocycles. The molecule has 2 aromatic rings. The summed E-state index contributed by atoms with van der Waals surface area (Å²) in [4.78, 5) is 17.9. The third kappa shape index (κ3) is 3.94. The van der Waals surface area contributed by atoms with E-state index < -0.39 is 0 Å². The van der Waals surface area contributed by atoms with E-state index in [9.17, 15) is 4.79 Å². The zero-order chi connectivity index (χ0) is 17.0. The predicted octanol–water partition coefficient (Wildman–Crippen LogP) is 2.85. The fourth-order valence-corrected chi connectivity index (χ4v) is 2.59. The summed E-state index contributed by atoms with van der Waals surface area (Å²) >= 11 is 12.3. The highest BCUT2D eigenvalue weighted by molar-refractivity contribution is 6.38. The van der Waals surface area contributed by atoms with Crippen LogP contribution in [0.3, 0.4) is 0 Å². The molecule has 2 rings (SSSR count). The van der Waals surface area contributed by atoms with Crippen molar-refractivity contribution in [3.05, 3.63) is 43.8 Å². The Morgan fingerprint density at radius 2 is 1.96 bits per heavy atom. The fraction of sp³-hybridized carbons (Fsp3) is 0.214. The molecular weight excluding hydrogens is 343 g/mol. The predicted molar refractivity (Wildman–Crippen MR) is 90.4 cm³/mol. The van der Waals surface area contributed by atoms with Crippen LogP contribution in [0.15, 0.2) is 22.0 Å². The SMILES string of the molecule is COc1c(Cl)cc(/C=N\Nc2nc(C)cc(=O)[nH]2)c(OC)c1Cl. The molecule has 0 spiro atoms. The van der Waals surface area contributed by atoms with Crippen molar-refractivity contribution >= 4 is 35.4 Å². The van der Waals surface area contributed by atoms with Gasteiger partial charge in [0, 0.05) is 17.3 Å². The summed E-state index contributed by atoms with van der Waals surface area (Å²) in [5.41, 5.74) is 3.45. The van der Waals surface area contributed by atoms with Crippen molar-refractivity contribution in [1.29, 1.82) is 0 Å². The van der Waals surface area contributed by atoms with Crippen molar-refractivity contribution in [2.75, 3.05) is 19.6 Å². The molecule has 0 amide bonds. The van der Waals surface area contributed by atoms with Gasteiger partial charge in [0.25, 0.3) is 5.56 Å². The number of hydrogen-bond acceptors (Lipinski definition) is 6. The molecule has 2 N–H and O–H groups in total. The molecule has 1 aromatic heterocycles. The van der Waals surface area contributed by atoms with Gasteiger partial charge in [0.1, 0.15) is 10.8 Å². The molecule has 0 saturated carbocycles. The Hall–Kier alpha value is -2.25. The lowest BCUT2D eigenvalue weighted by atomic mass is 10.2. The number of nitrogens with one attached hydrogen (secondary N) is 2. The van der Waals surface area contributed by atoms with E-state index in [0.29, 0.717) is 27.8 Å². The average Bonchev–Trinajstić information content (AvgIpc) is 2.46. The Morgan fingerprint density at radius 1 is 1.26 bits per heavy atom. The van der Waals surface area contributed by atoms with Crippen LogP contribution in [0.1, 0.15) is 11.3 Å². The first-order chi connectivity index (χ1) is 11.0. The largest absolute Gasteiger partial charge is 0.494 e. The van der Waals surface area contributed by atoms with Crippen LogP contribution in [0.2, 0.25) is 10.0 Å². The van der Waals surface area contributed by atoms with Crippen molar-refractivity contribution in [3.63, 3.8) is 0 Å². The van der Waals surface area contributed by atoms with Crippen LogP contribution in [0.4, 0.5) is 5.95 Å². The first kappa shape index (κ1) is 17.1. The summed E-state index contributed by atoms with van der Waals surface area (Å²) in [7, 11) is 2.93. The minimum absolute atomic E-state index is 0.218. The van der Waals surface area contributed by atoms with Crippen LogP contribution in [0, 0.1) is 6.92 Å². The topological polar surface area (TPSA) is 88.6 Å². The standard InChI is InChI=1S/C14H14Cl2N4O3/c1-7-4-10(21)19-14(18-7)20-17-6-8-5-9(15)13(23-3)11(16)12(8)22-2/h4-6H,1-3H3,(H2,18,19,20,21)/b17-6-. The zero-order valence-corrected chi connectivity index (χ0v) is 14.1. The van der Waals surface area contributed by atoms with Gasteiger partial charge in [-0.25, -0.2) is 10.4 Å². The van der Waals surface area contributed by atoms with Gasteiger partial charge < -0.3 is 9.47 Å². The third-order valence-corrected chi connectivity index (χ3v) is 3.44. The molecule has 0 unspecified atom stereocenters. The van der Waals surface area contributed by atoms with Crippen LogP contribution in [-0.4, -0.2) is 30.4 Å². The lowest BCUT2D eigenvalue weighted by Crippen LogP contribution is -2.10. The molecule has 0 bridgehead atoms. The van der Waals surface area contributed by atoms with E-state index in [1.807, 2.05) is 0 Å². The van der Waals surface area contributed by atoms with Gasteiger partial charge >= 0.3 is 0 Å². The maximum absolute atomic E-state index is 11.3. The monoisotopic (exact) mass is 356 g/mol. The van der Waals surface area contributed by atoms with E-state index in [0.717, 1.165) is 0 Å². The Labute approximate surface area is 142 Å². The summed E-state index contributed by atoms with van der Waals surface area (Å²) in [5, 5.41) is 4.56. The zero-order valence-electron chi connectivity index (χ0n) is 12.6. The maximum Gasteiger partial charge on any atom is 0.252 e. The van der Waals surface area contributed by atoms with Crippen LogP contribution >= 0.6 is 23.2 Å². The van der Waals surface area contributed by atoms with Gasteiger partial charge in [0.2, 0.25) is 5.95 Å². The first-order valence-electron chi connectivity index (χ1n) is 6.43. The summed E-state index contributed by atoms with van der Waals surface area (Å²) in [6.07, 6.45) is 1.44. The molecule has 0 aliphatic heterocycles. The van der Waals surface area contributed by atoms with Crippen LogP contribution in [0.5, 0.6) is 11.5 Å². The Balaban J connectivity index is 2.30. The van der Waals surface area contributed by atoms with Gasteiger partial charge in [-0.2, -0.15) is 5.10 Å². The molecule has 122 valence electrons.